The van der Waals surface area contributed by atoms with Gasteiger partial charge in [-0.3, -0.25) is 9.69 Å². The molecule has 0 aromatic heterocycles. The molecular formula is C24H23ClFN3O4S. The molecule has 2 aliphatic rings. The number of halogens is 2. The highest BCUT2D eigenvalue weighted by Crippen LogP contribution is 2.36. The number of morpholine rings is 1. The molecule has 1 atom stereocenters. The van der Waals surface area contributed by atoms with Crippen LogP contribution < -0.4 is 10.2 Å². The second-order valence-electron chi connectivity index (χ2n) is 7.83. The van der Waals surface area contributed by atoms with Crippen molar-refractivity contribution >= 4 is 46.5 Å². The third kappa shape index (κ3) is 4.64. The Balaban J connectivity index is 1.80. The van der Waals surface area contributed by atoms with Gasteiger partial charge in [-0.25, -0.2) is 9.18 Å². The van der Waals surface area contributed by atoms with Crippen LogP contribution in [0.5, 0.6) is 0 Å². The van der Waals surface area contributed by atoms with Gasteiger partial charge in [0.15, 0.2) is 5.11 Å². The summed E-state index contributed by atoms with van der Waals surface area (Å²) in [6.45, 7) is 3.65. The number of ether oxygens (including phenoxy) is 2. The maximum absolute atomic E-state index is 13.8. The molecule has 2 aromatic carbocycles. The van der Waals surface area contributed by atoms with E-state index in [1.165, 1.54) is 19.2 Å². The first-order valence-electron chi connectivity index (χ1n) is 10.6. The number of amides is 1. The zero-order valence-electron chi connectivity index (χ0n) is 18.6. The molecule has 1 amide bonds. The van der Waals surface area contributed by atoms with Crippen molar-refractivity contribution in [3.63, 3.8) is 0 Å². The van der Waals surface area contributed by atoms with Gasteiger partial charge in [-0.05, 0) is 55.0 Å². The minimum absolute atomic E-state index is 0.0466. The van der Waals surface area contributed by atoms with Crippen LogP contribution in [0, 0.1) is 5.82 Å². The van der Waals surface area contributed by atoms with Crippen molar-refractivity contribution in [2.24, 2.45) is 0 Å². The molecule has 1 fully saturated rings. The number of carbonyl (C=O) groups is 2. The number of anilines is 1. The quantitative estimate of drug-likeness (QED) is 0.502. The van der Waals surface area contributed by atoms with Crippen LogP contribution in [0.3, 0.4) is 0 Å². The Labute approximate surface area is 207 Å². The number of hydrogen-bond donors (Lipinski definition) is 1. The van der Waals surface area contributed by atoms with Crippen LogP contribution >= 0.6 is 23.8 Å². The molecule has 1 N–H and O–H groups in total. The third-order valence-electron chi connectivity index (χ3n) is 5.84. The van der Waals surface area contributed by atoms with Crippen molar-refractivity contribution in [3.05, 3.63) is 75.7 Å². The van der Waals surface area contributed by atoms with Crippen LogP contribution in [0.1, 0.15) is 28.9 Å². The molecule has 34 heavy (non-hydrogen) atoms. The van der Waals surface area contributed by atoms with E-state index in [1.807, 2.05) is 0 Å². The number of nitrogens with zero attached hydrogens (tertiary/aromatic N) is 2. The number of carbonyl (C=O) groups excluding carboxylic acids is 2. The van der Waals surface area contributed by atoms with Crippen LogP contribution in [0.25, 0.3) is 0 Å². The largest absolute Gasteiger partial charge is 0.465 e. The maximum atomic E-state index is 13.8. The summed E-state index contributed by atoms with van der Waals surface area (Å²) < 4.78 is 24.0. The molecule has 1 saturated heterocycles. The van der Waals surface area contributed by atoms with E-state index in [1.54, 1.807) is 47.1 Å². The van der Waals surface area contributed by atoms with Gasteiger partial charge in [0.25, 0.3) is 5.91 Å². The number of esters is 1. The molecular weight excluding hydrogens is 481 g/mol. The lowest BCUT2D eigenvalue weighted by atomic mass is 9.93. The first-order chi connectivity index (χ1) is 16.3. The second-order valence-corrected chi connectivity index (χ2v) is 8.63. The third-order valence-corrected chi connectivity index (χ3v) is 6.43. The van der Waals surface area contributed by atoms with Gasteiger partial charge >= 0.3 is 5.97 Å². The monoisotopic (exact) mass is 503 g/mol. The van der Waals surface area contributed by atoms with Crippen LogP contribution in [0.4, 0.5) is 10.1 Å². The molecule has 0 radical (unpaired) electrons. The summed E-state index contributed by atoms with van der Waals surface area (Å²) in [6.07, 6.45) is 0. The van der Waals surface area contributed by atoms with Gasteiger partial charge in [0.2, 0.25) is 0 Å². The molecule has 1 unspecified atom stereocenters. The smallest absolute Gasteiger partial charge is 0.337 e. The van der Waals surface area contributed by atoms with E-state index in [0.717, 1.165) is 5.56 Å². The number of methoxy groups -OCH3 is 1. The van der Waals surface area contributed by atoms with Crippen molar-refractivity contribution in [2.45, 2.75) is 13.0 Å². The Morgan fingerprint density at radius 1 is 1.18 bits per heavy atom. The fraction of sp³-hybridized carbons (Fsp3) is 0.292. The molecule has 4 rings (SSSR count). The molecule has 0 saturated carbocycles. The molecule has 2 heterocycles. The highest BCUT2D eigenvalue weighted by Gasteiger charge is 2.37. The number of nitrogens with one attached hydrogen (secondary N) is 1. The zero-order valence-corrected chi connectivity index (χ0v) is 20.2. The van der Waals surface area contributed by atoms with Crippen molar-refractivity contribution < 1.29 is 23.5 Å². The summed E-state index contributed by atoms with van der Waals surface area (Å²) in [4.78, 5) is 29.0. The molecule has 0 aliphatic carbocycles. The molecule has 7 nitrogen and oxygen atoms in total. The van der Waals surface area contributed by atoms with E-state index in [0.29, 0.717) is 53.9 Å². The van der Waals surface area contributed by atoms with Gasteiger partial charge in [0.05, 0.1) is 42.5 Å². The molecule has 0 bridgehead atoms. The van der Waals surface area contributed by atoms with Crippen LogP contribution in [-0.2, 0) is 14.3 Å². The van der Waals surface area contributed by atoms with Crippen molar-refractivity contribution in [1.82, 2.24) is 10.2 Å². The zero-order chi connectivity index (χ0) is 24.4. The highest BCUT2D eigenvalue weighted by atomic mass is 35.5. The average molecular weight is 504 g/mol. The number of hydrogen-bond acceptors (Lipinski definition) is 5. The summed E-state index contributed by atoms with van der Waals surface area (Å²) in [6, 6.07) is 10.5. The first kappa shape index (κ1) is 24.1. The van der Waals surface area contributed by atoms with E-state index in [2.05, 4.69) is 5.32 Å². The standard InChI is InChI=1S/C24H23ClFN3O4S/c1-14-20(22(30)28-9-11-33-12-10-28)21(15-3-5-16(6-4-15)23(31)32-2)27-24(34)29(14)17-7-8-19(26)18(25)13-17/h3-8,13,21H,9-12H2,1-2H3,(H,27,34). The van der Waals surface area contributed by atoms with E-state index in [9.17, 15) is 14.0 Å². The minimum Gasteiger partial charge on any atom is -0.465 e. The summed E-state index contributed by atoms with van der Waals surface area (Å²) >= 11 is 11.7. The second kappa shape index (κ2) is 10.1. The normalized spacial score (nSPS) is 18.6. The molecule has 2 aliphatic heterocycles. The van der Waals surface area contributed by atoms with Crippen molar-refractivity contribution in [3.8, 4) is 0 Å². The number of allylic oxidation sites excluding steroid dienone is 1. The number of thiocarbonyl (C=S) groups is 1. The Morgan fingerprint density at radius 2 is 1.85 bits per heavy atom. The average Bonchev–Trinajstić information content (AvgIpc) is 2.85. The SMILES string of the molecule is COC(=O)c1ccc(C2NC(=S)N(c3ccc(F)c(Cl)c3)C(C)=C2C(=O)N2CCOCC2)cc1. The maximum Gasteiger partial charge on any atom is 0.337 e. The lowest BCUT2D eigenvalue weighted by molar-refractivity contribution is -0.131. The van der Waals surface area contributed by atoms with Gasteiger partial charge in [-0.2, -0.15) is 0 Å². The Hall–Kier alpha value is -3.01. The van der Waals surface area contributed by atoms with Gasteiger partial charge in [0.1, 0.15) is 5.82 Å². The first-order valence-corrected chi connectivity index (χ1v) is 11.4. The van der Waals surface area contributed by atoms with E-state index in [-0.39, 0.29) is 10.9 Å². The van der Waals surface area contributed by atoms with E-state index >= 15 is 0 Å². The van der Waals surface area contributed by atoms with Gasteiger partial charge in [0, 0.05) is 24.5 Å². The van der Waals surface area contributed by atoms with Gasteiger partial charge in [-0.1, -0.05) is 23.7 Å². The highest BCUT2D eigenvalue weighted by molar-refractivity contribution is 7.80. The topological polar surface area (TPSA) is 71.1 Å². The van der Waals surface area contributed by atoms with Crippen LogP contribution in [0.15, 0.2) is 53.7 Å². The Bertz CT molecular complexity index is 1170. The molecule has 0 spiro atoms. The Kier molecular flexibility index (Phi) is 7.16. The predicted molar refractivity (Wildman–Crippen MR) is 130 cm³/mol. The van der Waals surface area contributed by atoms with Gasteiger partial charge < -0.3 is 19.7 Å². The summed E-state index contributed by atoms with van der Waals surface area (Å²) in [5.74, 6) is -1.15. The number of benzene rings is 2. The van der Waals surface area contributed by atoms with Crippen molar-refractivity contribution in [2.75, 3.05) is 38.3 Å². The number of rotatable bonds is 4. The molecule has 10 heteroatoms. The summed E-state index contributed by atoms with van der Waals surface area (Å²) in [5, 5.41) is 3.53. The summed E-state index contributed by atoms with van der Waals surface area (Å²) in [7, 11) is 1.32. The Morgan fingerprint density at radius 3 is 2.47 bits per heavy atom. The predicted octanol–water partition coefficient (Wildman–Crippen LogP) is 3.83. The molecule has 2 aromatic rings. The lowest BCUT2D eigenvalue weighted by Crippen LogP contribution is -2.51. The van der Waals surface area contributed by atoms with Crippen LogP contribution in [-0.4, -0.2) is 55.3 Å². The van der Waals surface area contributed by atoms with Crippen LogP contribution in [0.2, 0.25) is 5.02 Å². The summed E-state index contributed by atoms with van der Waals surface area (Å²) in [5.41, 5.74) is 2.77. The van der Waals surface area contributed by atoms with Crippen molar-refractivity contribution in [1.29, 1.82) is 0 Å². The van der Waals surface area contributed by atoms with Gasteiger partial charge in [-0.15, -0.1) is 0 Å². The fourth-order valence-corrected chi connectivity index (χ4v) is 4.61. The minimum atomic E-state index is -0.554. The van der Waals surface area contributed by atoms with E-state index < -0.39 is 17.8 Å². The molecule has 178 valence electrons. The van der Waals surface area contributed by atoms with E-state index in [4.69, 9.17) is 33.3 Å². The lowest BCUT2D eigenvalue weighted by Gasteiger charge is -2.40. The fourth-order valence-electron chi connectivity index (χ4n) is 4.07.